The van der Waals surface area contributed by atoms with Crippen LogP contribution in [0, 0.1) is 5.82 Å². The van der Waals surface area contributed by atoms with Crippen molar-refractivity contribution in [3.63, 3.8) is 0 Å². The molecule has 1 heterocycles. The highest BCUT2D eigenvalue weighted by molar-refractivity contribution is 9.11. The van der Waals surface area contributed by atoms with Gasteiger partial charge in [0.25, 0.3) is 0 Å². The summed E-state index contributed by atoms with van der Waals surface area (Å²) >= 11 is 5.06. The molecule has 0 aliphatic rings. The predicted octanol–water partition coefficient (Wildman–Crippen LogP) is 3.74. The minimum atomic E-state index is -0.216. The molecule has 1 aromatic carbocycles. The van der Waals surface area contributed by atoms with Gasteiger partial charge in [0.05, 0.1) is 3.79 Å². The number of thiophene rings is 1. The molecule has 0 bridgehead atoms. The molecule has 2 N–H and O–H groups in total. The second-order valence-electron chi connectivity index (χ2n) is 3.49. The van der Waals surface area contributed by atoms with Crippen LogP contribution >= 0.6 is 27.3 Å². The minimum absolute atomic E-state index is 0.0759. The van der Waals surface area contributed by atoms with Gasteiger partial charge in [0, 0.05) is 17.3 Å². The van der Waals surface area contributed by atoms with Gasteiger partial charge in [-0.05, 0) is 45.8 Å². The zero-order chi connectivity index (χ0) is 11.5. The maximum atomic E-state index is 13.1. The van der Waals surface area contributed by atoms with Crippen LogP contribution < -0.4 is 5.73 Å². The van der Waals surface area contributed by atoms with Crippen LogP contribution in [0.25, 0.3) is 0 Å². The minimum Gasteiger partial charge on any atom is -0.329 e. The monoisotopic (exact) mass is 299 g/mol. The first-order chi connectivity index (χ1) is 7.70. The van der Waals surface area contributed by atoms with Gasteiger partial charge in [-0.1, -0.05) is 12.1 Å². The molecule has 2 aromatic rings. The molecule has 84 valence electrons. The Morgan fingerprint density at radius 3 is 2.69 bits per heavy atom. The van der Waals surface area contributed by atoms with Crippen molar-refractivity contribution in [1.29, 1.82) is 0 Å². The average Bonchev–Trinajstić information content (AvgIpc) is 2.66. The number of hydrogen-bond acceptors (Lipinski definition) is 2. The van der Waals surface area contributed by atoms with Crippen LogP contribution in [0.2, 0.25) is 0 Å². The fraction of sp³-hybridized carbons (Fsp3) is 0.167. The summed E-state index contributed by atoms with van der Waals surface area (Å²) in [6.45, 7) is 0.483. The van der Waals surface area contributed by atoms with E-state index in [1.807, 2.05) is 18.2 Å². The second kappa shape index (κ2) is 5.08. The Bertz CT molecular complexity index is 483. The highest BCUT2D eigenvalue weighted by atomic mass is 79.9. The van der Waals surface area contributed by atoms with E-state index in [1.54, 1.807) is 23.5 Å². The molecule has 0 radical (unpaired) electrons. The summed E-state index contributed by atoms with van der Waals surface area (Å²) in [6, 6.07) is 10.6. The van der Waals surface area contributed by atoms with Crippen LogP contribution in [-0.4, -0.2) is 6.54 Å². The molecule has 0 amide bonds. The van der Waals surface area contributed by atoms with Crippen molar-refractivity contribution in [2.75, 3.05) is 6.54 Å². The van der Waals surface area contributed by atoms with Gasteiger partial charge in [0.15, 0.2) is 0 Å². The van der Waals surface area contributed by atoms with Crippen molar-refractivity contribution < 1.29 is 4.39 Å². The molecule has 2 rings (SSSR count). The van der Waals surface area contributed by atoms with Crippen molar-refractivity contribution >= 4 is 27.3 Å². The highest BCUT2D eigenvalue weighted by Gasteiger charge is 2.14. The maximum Gasteiger partial charge on any atom is 0.123 e. The van der Waals surface area contributed by atoms with E-state index < -0.39 is 0 Å². The fourth-order valence-electron chi connectivity index (χ4n) is 1.66. The van der Waals surface area contributed by atoms with E-state index >= 15 is 0 Å². The van der Waals surface area contributed by atoms with Crippen LogP contribution in [0.15, 0.2) is 40.2 Å². The largest absolute Gasteiger partial charge is 0.329 e. The predicted molar refractivity (Wildman–Crippen MR) is 69.3 cm³/mol. The van der Waals surface area contributed by atoms with E-state index in [2.05, 4.69) is 15.9 Å². The SMILES string of the molecule is NCC(c1cccc(F)c1)c1ccc(Br)s1. The lowest BCUT2D eigenvalue weighted by molar-refractivity contribution is 0.623. The van der Waals surface area contributed by atoms with Crippen LogP contribution in [-0.2, 0) is 0 Å². The molecule has 1 nitrogen and oxygen atoms in total. The topological polar surface area (TPSA) is 26.0 Å². The number of hydrogen-bond donors (Lipinski definition) is 1. The summed E-state index contributed by atoms with van der Waals surface area (Å²) in [5.41, 5.74) is 6.69. The molecule has 1 atom stereocenters. The first-order valence-electron chi connectivity index (χ1n) is 4.91. The second-order valence-corrected chi connectivity index (χ2v) is 5.98. The molecule has 0 spiro atoms. The van der Waals surface area contributed by atoms with E-state index in [-0.39, 0.29) is 11.7 Å². The lowest BCUT2D eigenvalue weighted by atomic mass is 9.98. The summed E-state index contributed by atoms with van der Waals surface area (Å²) < 4.78 is 14.2. The fourth-order valence-corrected chi connectivity index (χ4v) is 3.22. The van der Waals surface area contributed by atoms with Gasteiger partial charge < -0.3 is 5.73 Å². The maximum absolute atomic E-state index is 13.1. The normalized spacial score (nSPS) is 12.7. The van der Waals surface area contributed by atoms with E-state index in [0.717, 1.165) is 14.2 Å². The van der Waals surface area contributed by atoms with Gasteiger partial charge in [-0.15, -0.1) is 11.3 Å². The van der Waals surface area contributed by atoms with Gasteiger partial charge in [-0.3, -0.25) is 0 Å². The third-order valence-electron chi connectivity index (χ3n) is 2.42. The third kappa shape index (κ3) is 2.51. The zero-order valence-corrected chi connectivity index (χ0v) is 10.9. The lowest BCUT2D eigenvalue weighted by Gasteiger charge is -2.13. The van der Waals surface area contributed by atoms with Crippen LogP contribution in [0.5, 0.6) is 0 Å². The molecule has 0 fully saturated rings. The van der Waals surface area contributed by atoms with Gasteiger partial charge in [0.1, 0.15) is 5.82 Å². The summed E-state index contributed by atoms with van der Waals surface area (Å²) in [5, 5.41) is 0. The molecular formula is C12H11BrFNS. The lowest BCUT2D eigenvalue weighted by Crippen LogP contribution is -2.12. The number of rotatable bonds is 3. The molecule has 0 aliphatic heterocycles. The van der Waals surface area contributed by atoms with Crippen molar-refractivity contribution in [2.45, 2.75) is 5.92 Å². The first kappa shape index (κ1) is 11.8. The Balaban J connectivity index is 2.36. The van der Waals surface area contributed by atoms with E-state index in [4.69, 9.17) is 5.73 Å². The summed E-state index contributed by atoms with van der Waals surface area (Å²) in [4.78, 5) is 1.15. The van der Waals surface area contributed by atoms with E-state index in [1.165, 1.54) is 6.07 Å². The van der Waals surface area contributed by atoms with Crippen molar-refractivity contribution in [3.05, 3.63) is 56.4 Å². The smallest absolute Gasteiger partial charge is 0.123 e. The van der Waals surface area contributed by atoms with Crippen LogP contribution in [0.3, 0.4) is 0 Å². The van der Waals surface area contributed by atoms with Gasteiger partial charge >= 0.3 is 0 Å². The Labute approximate surface area is 106 Å². The zero-order valence-electron chi connectivity index (χ0n) is 8.49. The first-order valence-corrected chi connectivity index (χ1v) is 6.52. The summed E-state index contributed by atoms with van der Waals surface area (Å²) in [6.07, 6.45) is 0. The molecule has 1 unspecified atom stereocenters. The number of nitrogens with two attached hydrogens (primary N) is 1. The molecule has 16 heavy (non-hydrogen) atoms. The van der Waals surface area contributed by atoms with Crippen molar-refractivity contribution in [1.82, 2.24) is 0 Å². The third-order valence-corrected chi connectivity index (χ3v) is 4.16. The van der Waals surface area contributed by atoms with Gasteiger partial charge in [-0.2, -0.15) is 0 Å². The van der Waals surface area contributed by atoms with Crippen LogP contribution in [0.1, 0.15) is 16.4 Å². The Kier molecular flexibility index (Phi) is 3.74. The van der Waals surface area contributed by atoms with E-state index in [9.17, 15) is 4.39 Å². The molecule has 1 aromatic heterocycles. The molecule has 0 saturated carbocycles. The quantitative estimate of drug-likeness (QED) is 0.918. The molecular weight excluding hydrogens is 289 g/mol. The van der Waals surface area contributed by atoms with Gasteiger partial charge in [0.2, 0.25) is 0 Å². The molecule has 0 aliphatic carbocycles. The Hall–Kier alpha value is -0.710. The highest BCUT2D eigenvalue weighted by Crippen LogP contribution is 2.32. The number of halogens is 2. The molecule has 0 saturated heterocycles. The summed E-state index contributed by atoms with van der Waals surface area (Å²) in [5.74, 6) is -0.140. The van der Waals surface area contributed by atoms with E-state index in [0.29, 0.717) is 6.54 Å². The standard InChI is InChI=1S/C12H11BrFNS/c13-12-5-4-11(16-12)10(7-15)8-2-1-3-9(14)6-8/h1-6,10H,7,15H2. The van der Waals surface area contributed by atoms with Crippen molar-refractivity contribution in [2.24, 2.45) is 5.73 Å². The summed E-state index contributed by atoms with van der Waals surface area (Å²) in [7, 11) is 0. The number of benzene rings is 1. The van der Waals surface area contributed by atoms with Crippen LogP contribution in [0.4, 0.5) is 4.39 Å². The molecule has 4 heteroatoms. The Morgan fingerprint density at radius 1 is 1.31 bits per heavy atom. The van der Waals surface area contributed by atoms with Gasteiger partial charge in [-0.25, -0.2) is 4.39 Å². The van der Waals surface area contributed by atoms with Crippen molar-refractivity contribution in [3.8, 4) is 0 Å². The average molecular weight is 300 g/mol. The Morgan fingerprint density at radius 2 is 2.12 bits per heavy atom.